The molecule has 0 aliphatic rings. The molecule has 6 aromatic carbocycles. The van der Waals surface area contributed by atoms with Gasteiger partial charge in [0.15, 0.2) is 5.05 Å². The lowest BCUT2D eigenvalue weighted by Crippen LogP contribution is -2.23. The zero-order chi connectivity index (χ0) is 35.8. The minimum absolute atomic E-state index is 0.0229. The first-order valence-electron chi connectivity index (χ1n) is 16.9. The van der Waals surface area contributed by atoms with E-state index >= 15 is 0 Å². The highest BCUT2D eigenvalue weighted by molar-refractivity contribution is 7.86. The van der Waals surface area contributed by atoms with Gasteiger partial charge in [-0.3, -0.25) is 9.00 Å². The Labute approximate surface area is 309 Å². The molecule has 0 radical (unpaired) electrons. The second-order valence-electron chi connectivity index (χ2n) is 12.0. The van der Waals surface area contributed by atoms with Gasteiger partial charge in [-0.05, 0) is 45.6 Å². The van der Waals surface area contributed by atoms with E-state index in [0.29, 0.717) is 5.05 Å². The number of ether oxygens (including phenoxy) is 2. The van der Waals surface area contributed by atoms with Gasteiger partial charge < -0.3 is 9.47 Å². The van der Waals surface area contributed by atoms with Crippen molar-refractivity contribution in [2.24, 2.45) is 5.92 Å². The monoisotopic (exact) mass is 710 g/mol. The van der Waals surface area contributed by atoms with E-state index < -0.39 is 16.8 Å². The van der Waals surface area contributed by atoms with Gasteiger partial charge in [0, 0.05) is 22.6 Å². The number of rotatable bonds is 12. The summed E-state index contributed by atoms with van der Waals surface area (Å²) in [6, 6.07) is 60.8. The van der Waals surface area contributed by atoms with Crippen molar-refractivity contribution in [1.29, 1.82) is 0 Å². The van der Waals surface area contributed by atoms with Crippen LogP contribution in [-0.4, -0.2) is 28.1 Å². The molecule has 2 unspecified atom stereocenters. The summed E-state index contributed by atoms with van der Waals surface area (Å²) in [5.41, 5.74) is 6.53. The van der Waals surface area contributed by atoms with Crippen molar-refractivity contribution in [3.63, 3.8) is 0 Å². The van der Waals surface area contributed by atoms with Crippen LogP contribution < -0.4 is 0 Å². The van der Waals surface area contributed by atoms with Gasteiger partial charge >= 0.3 is 5.97 Å². The van der Waals surface area contributed by atoms with Crippen LogP contribution >= 0.6 is 12.2 Å². The van der Waals surface area contributed by atoms with Crippen LogP contribution in [0.1, 0.15) is 57.6 Å². The first kappa shape index (κ1) is 37.1. The van der Waals surface area contributed by atoms with E-state index in [-0.39, 0.29) is 28.9 Å². The smallest absolute Gasteiger partial charge is 0.318 e. The number of hydrogen-bond acceptors (Lipinski definition) is 5. The Hall–Kier alpha value is -5.17. The quantitative estimate of drug-likeness (QED) is 0.0935. The molecule has 0 N–H and O–H groups in total. The van der Waals surface area contributed by atoms with E-state index in [1.54, 1.807) is 0 Å². The maximum absolute atomic E-state index is 12.5. The van der Waals surface area contributed by atoms with Crippen molar-refractivity contribution in [2.45, 2.75) is 24.2 Å². The van der Waals surface area contributed by atoms with Crippen LogP contribution in [0.3, 0.4) is 0 Å². The third-order valence-electron chi connectivity index (χ3n) is 8.58. The van der Waals surface area contributed by atoms with Crippen molar-refractivity contribution in [2.75, 3.05) is 12.9 Å². The molecule has 0 heterocycles. The summed E-state index contributed by atoms with van der Waals surface area (Å²) >= 11 is 5.91. The van der Waals surface area contributed by atoms with Crippen molar-refractivity contribution >= 4 is 34.0 Å². The van der Waals surface area contributed by atoms with Gasteiger partial charge in [0.2, 0.25) is 0 Å². The fourth-order valence-electron chi connectivity index (χ4n) is 6.04. The minimum atomic E-state index is -1.36. The number of hydrogen-bond donors (Lipinski definition) is 0. The average molecular weight is 711 g/mol. The lowest BCUT2D eigenvalue weighted by atomic mass is 9.82. The Morgan fingerprint density at radius 1 is 0.549 bits per heavy atom. The first-order valence-corrected chi connectivity index (χ1v) is 18.7. The lowest BCUT2D eigenvalue weighted by molar-refractivity contribution is -0.137. The van der Waals surface area contributed by atoms with Crippen LogP contribution in [-0.2, 0) is 25.1 Å². The van der Waals surface area contributed by atoms with E-state index in [4.69, 9.17) is 17.0 Å². The highest BCUT2D eigenvalue weighted by Gasteiger charge is 2.28. The van der Waals surface area contributed by atoms with Gasteiger partial charge in [-0.25, -0.2) is 0 Å². The number of esters is 1. The van der Waals surface area contributed by atoms with Crippen molar-refractivity contribution < 1.29 is 18.5 Å². The zero-order valence-corrected chi connectivity index (χ0v) is 30.4. The van der Waals surface area contributed by atoms with Gasteiger partial charge in [-0.2, -0.15) is 0 Å². The van der Waals surface area contributed by atoms with E-state index in [2.05, 4.69) is 84.5 Å². The highest BCUT2D eigenvalue weighted by atomic mass is 32.2. The fraction of sp³-hybridized carbons (Fsp3) is 0.156. The third kappa shape index (κ3) is 10.4. The van der Waals surface area contributed by atoms with E-state index in [0.717, 1.165) is 22.3 Å². The lowest BCUT2D eigenvalue weighted by Gasteiger charge is -2.29. The van der Waals surface area contributed by atoms with Crippen molar-refractivity contribution in [1.82, 2.24) is 0 Å². The van der Waals surface area contributed by atoms with Crippen molar-refractivity contribution in [3.05, 3.63) is 215 Å². The number of benzene rings is 6. The average Bonchev–Trinajstić information content (AvgIpc) is 3.19. The summed E-state index contributed by atoms with van der Waals surface area (Å²) in [7, 11) is -0.0591. The second-order valence-corrected chi connectivity index (χ2v) is 14.0. The summed E-state index contributed by atoms with van der Waals surface area (Å²) in [5, 5.41) is 0.298. The molecule has 2 atom stereocenters. The molecule has 0 spiro atoms. The molecule has 0 saturated heterocycles. The van der Waals surface area contributed by atoms with Crippen LogP contribution in [0.15, 0.2) is 182 Å². The molecule has 0 aromatic heterocycles. The van der Waals surface area contributed by atoms with Gasteiger partial charge in [-0.15, -0.1) is 0 Å². The zero-order valence-electron chi connectivity index (χ0n) is 28.8. The number of carbonyl (C=O) groups excluding carboxylic acids is 1. The molecule has 6 rings (SSSR count). The molecule has 6 heteroatoms. The number of methoxy groups -OCH3 is 1. The molecular formula is C45H42O4S2. The molecule has 51 heavy (non-hydrogen) atoms. The fourth-order valence-corrected chi connectivity index (χ4v) is 7.71. The highest BCUT2D eigenvalue weighted by Crippen LogP contribution is 2.36. The van der Waals surface area contributed by atoms with Gasteiger partial charge in [0.25, 0.3) is 0 Å². The molecule has 0 aliphatic heterocycles. The maximum atomic E-state index is 12.5. The van der Waals surface area contributed by atoms with Gasteiger partial charge in [0.1, 0.15) is 11.9 Å². The molecule has 0 bridgehead atoms. The van der Waals surface area contributed by atoms with Crippen LogP contribution in [0.4, 0.5) is 0 Å². The van der Waals surface area contributed by atoms with Crippen molar-refractivity contribution in [3.8, 4) is 0 Å². The summed E-state index contributed by atoms with van der Waals surface area (Å²) in [6.07, 6.45) is -0.232. The Kier molecular flexibility index (Phi) is 14.0. The van der Waals surface area contributed by atoms with E-state index in [9.17, 15) is 9.00 Å². The second kappa shape index (κ2) is 19.3. The van der Waals surface area contributed by atoms with E-state index in [1.165, 1.54) is 18.2 Å². The van der Waals surface area contributed by atoms with E-state index in [1.807, 2.05) is 109 Å². The maximum Gasteiger partial charge on any atom is 0.318 e. The van der Waals surface area contributed by atoms with Gasteiger partial charge in [-0.1, -0.05) is 189 Å². The minimum Gasteiger partial charge on any atom is -0.474 e. The van der Waals surface area contributed by atoms with Crippen LogP contribution in [0.5, 0.6) is 0 Å². The molecule has 0 amide bonds. The van der Waals surface area contributed by atoms with Gasteiger partial charge in [0.05, 0.1) is 12.4 Å². The first-order chi connectivity index (χ1) is 25.0. The molecule has 4 nitrogen and oxygen atoms in total. The Balaban J connectivity index is 0.000000218. The number of thiocarbonyl (C=S) groups is 1. The molecule has 0 aliphatic carbocycles. The van der Waals surface area contributed by atoms with Crippen LogP contribution in [0.25, 0.3) is 0 Å². The molecule has 6 aromatic rings. The largest absolute Gasteiger partial charge is 0.474 e. The predicted octanol–water partition coefficient (Wildman–Crippen LogP) is 10.3. The standard InChI is InChI=1S/C29H26OS.C16H16O3S/c1-22(27(23-14-6-2-7-15-23)24-16-8-3-9-17-24)29(31)30-28(25-18-10-4-11-19-25)26-20-12-5-13-21-26;1-19-15(17)12-20(18)16(13-8-4-2-5-9-13)14-10-6-3-7-11-14/h2-22,27-28H,1H3;2-11,16H,12H2,1H3. The predicted molar refractivity (Wildman–Crippen MR) is 212 cm³/mol. The topological polar surface area (TPSA) is 52.6 Å². The molecule has 258 valence electrons. The summed E-state index contributed by atoms with van der Waals surface area (Å²) < 4.78 is 23.7. The molecular weight excluding hydrogens is 669 g/mol. The normalized spacial score (nSPS) is 12.0. The summed E-state index contributed by atoms with van der Waals surface area (Å²) in [5.74, 6) is -0.415. The molecule has 0 fully saturated rings. The Morgan fingerprint density at radius 3 is 1.20 bits per heavy atom. The SMILES string of the molecule is CC(C(=S)OC(c1ccccc1)c1ccccc1)C(c1ccccc1)c1ccccc1.COC(=O)CS(=O)C(c1ccccc1)c1ccccc1. The number of carbonyl (C=O) groups is 1. The Bertz CT molecular complexity index is 1820. The van der Waals surface area contributed by atoms with Crippen LogP contribution in [0.2, 0.25) is 0 Å². The summed E-state index contributed by atoms with van der Waals surface area (Å²) in [4.78, 5) is 11.4. The summed E-state index contributed by atoms with van der Waals surface area (Å²) in [6.45, 7) is 2.17. The Morgan fingerprint density at radius 2 is 0.863 bits per heavy atom. The third-order valence-corrected chi connectivity index (χ3v) is 10.6. The molecule has 0 saturated carbocycles. The van der Waals surface area contributed by atoms with Crippen LogP contribution in [0, 0.1) is 5.92 Å².